The highest BCUT2D eigenvalue weighted by molar-refractivity contribution is 7.25. The van der Waals surface area contributed by atoms with Gasteiger partial charge in [-0.05, 0) is 212 Å². The summed E-state index contributed by atoms with van der Waals surface area (Å²) >= 11 is 1.85. The molecular weight excluding hydrogens is 1280 g/mol. The molecular formula is C99H74N4S. The molecule has 16 aromatic carbocycles. The maximum atomic E-state index is 2.41. The number of para-hydroxylation sites is 5. The Morgan fingerprint density at radius 2 is 0.375 bits per heavy atom. The van der Waals surface area contributed by atoms with Crippen molar-refractivity contribution < 1.29 is 0 Å². The van der Waals surface area contributed by atoms with Crippen LogP contribution < -0.4 is 19.6 Å². The standard InChI is InChI=1S/C51H40N2.C48H34N2S/c1-51(2)49-35-45(52(41-19-11-5-12-20-41)42-21-13-6-14-22-42)31-33-47(49)48-34-32-46(36-50(48)51)53(43-27-23-39(24-28-43)37-15-7-3-8-16-37)44-29-25-40(26-30-44)38-17-9-4-10-18-38;1-5-13-35(14-6-1)36-21-23-37(24-22-36)38-25-27-42(28-26-38)50(41-19-11-4-12-20-41)44-30-32-46-45-31-29-43(33-47(45)51-48(46)34-44)49(39-15-7-2-8-16-39)40-17-9-3-10-18-40/h3-36H,1-2H3;1-34H. The minimum atomic E-state index is -0.213. The van der Waals surface area contributed by atoms with Crippen molar-refractivity contribution in [3.63, 3.8) is 0 Å². The van der Waals surface area contributed by atoms with Crippen LogP contribution in [0.1, 0.15) is 25.0 Å². The third-order valence-corrected chi connectivity index (χ3v) is 21.2. The van der Waals surface area contributed by atoms with Gasteiger partial charge in [0.15, 0.2) is 0 Å². The Morgan fingerprint density at radius 3 is 0.635 bits per heavy atom. The van der Waals surface area contributed by atoms with E-state index in [2.05, 4.69) is 446 Å². The molecule has 496 valence electrons. The van der Waals surface area contributed by atoms with E-state index < -0.39 is 0 Å². The van der Waals surface area contributed by atoms with Crippen molar-refractivity contribution in [2.75, 3.05) is 19.6 Å². The molecule has 1 heterocycles. The van der Waals surface area contributed by atoms with E-state index in [9.17, 15) is 0 Å². The predicted molar refractivity (Wildman–Crippen MR) is 444 cm³/mol. The van der Waals surface area contributed by atoms with Crippen molar-refractivity contribution in [1.29, 1.82) is 0 Å². The van der Waals surface area contributed by atoms with Crippen molar-refractivity contribution in [3.8, 4) is 55.6 Å². The third kappa shape index (κ3) is 12.9. The van der Waals surface area contributed by atoms with E-state index in [0.717, 1.165) is 68.2 Å². The lowest BCUT2D eigenvalue weighted by Gasteiger charge is -2.29. The molecule has 18 rings (SSSR count). The third-order valence-electron chi connectivity index (χ3n) is 20.1. The molecule has 104 heavy (non-hydrogen) atoms. The highest BCUT2D eigenvalue weighted by atomic mass is 32.1. The first-order valence-corrected chi connectivity index (χ1v) is 36.4. The SMILES string of the molecule is CC1(C)c2cc(N(c3ccccc3)c3ccccc3)ccc2-c2ccc(N(c3ccc(-c4ccccc4)cc3)c3ccc(-c4ccccc4)cc3)cc21.c1ccc(-c2ccc(-c3ccc(N(c4ccccc4)c4ccc5c(c4)sc4cc(N(c6ccccc6)c6ccccc6)ccc45)cc3)cc2)cc1. The largest absolute Gasteiger partial charge is 0.310 e. The summed E-state index contributed by atoms with van der Waals surface area (Å²) in [6.45, 7) is 4.74. The van der Waals surface area contributed by atoms with Gasteiger partial charge in [0.1, 0.15) is 0 Å². The second-order valence-electron chi connectivity index (χ2n) is 26.9. The molecule has 1 aromatic heterocycles. The molecule has 5 heteroatoms. The van der Waals surface area contributed by atoms with Gasteiger partial charge in [-0.3, -0.25) is 0 Å². The number of thiophene rings is 1. The monoisotopic (exact) mass is 1350 g/mol. The van der Waals surface area contributed by atoms with Gasteiger partial charge >= 0.3 is 0 Å². The summed E-state index contributed by atoms with van der Waals surface area (Å²) in [6, 6.07) is 148. The topological polar surface area (TPSA) is 13.0 Å². The van der Waals surface area contributed by atoms with Crippen LogP contribution in [0.2, 0.25) is 0 Å². The van der Waals surface area contributed by atoms with Gasteiger partial charge < -0.3 is 19.6 Å². The molecule has 0 fully saturated rings. The Labute approximate surface area is 613 Å². The van der Waals surface area contributed by atoms with Crippen LogP contribution in [0.5, 0.6) is 0 Å². The number of hydrogen-bond donors (Lipinski definition) is 0. The van der Waals surface area contributed by atoms with Crippen molar-refractivity contribution in [2.45, 2.75) is 19.3 Å². The van der Waals surface area contributed by atoms with Crippen LogP contribution in [0.15, 0.2) is 413 Å². The fraction of sp³-hybridized carbons (Fsp3) is 0.0303. The van der Waals surface area contributed by atoms with Gasteiger partial charge in [-0.2, -0.15) is 0 Å². The lowest BCUT2D eigenvalue weighted by Crippen LogP contribution is -2.17. The molecule has 17 aromatic rings. The van der Waals surface area contributed by atoms with Crippen LogP contribution >= 0.6 is 11.3 Å². The van der Waals surface area contributed by atoms with Crippen LogP contribution in [0.25, 0.3) is 75.8 Å². The highest BCUT2D eigenvalue weighted by Gasteiger charge is 2.37. The van der Waals surface area contributed by atoms with Crippen LogP contribution in [0.3, 0.4) is 0 Å². The number of nitrogens with zero attached hydrogens (tertiary/aromatic N) is 4. The van der Waals surface area contributed by atoms with Crippen LogP contribution in [0.4, 0.5) is 68.2 Å². The molecule has 1 aliphatic carbocycles. The molecule has 0 radical (unpaired) electrons. The van der Waals surface area contributed by atoms with Crippen LogP contribution in [-0.4, -0.2) is 0 Å². The molecule has 1 aliphatic rings. The van der Waals surface area contributed by atoms with E-state index in [-0.39, 0.29) is 5.41 Å². The van der Waals surface area contributed by atoms with Crippen LogP contribution in [0, 0.1) is 0 Å². The number of anilines is 12. The number of rotatable bonds is 16. The molecule has 0 atom stereocenters. The maximum Gasteiger partial charge on any atom is 0.0476 e. The van der Waals surface area contributed by atoms with Crippen LogP contribution in [-0.2, 0) is 5.41 Å². The van der Waals surface area contributed by atoms with E-state index in [4.69, 9.17) is 0 Å². The van der Waals surface area contributed by atoms with Crippen molar-refractivity contribution in [3.05, 3.63) is 424 Å². The molecule has 0 spiro atoms. The molecule has 0 aliphatic heterocycles. The molecule has 0 amide bonds. The molecule has 0 N–H and O–H groups in total. The van der Waals surface area contributed by atoms with E-state index in [0.29, 0.717) is 0 Å². The van der Waals surface area contributed by atoms with Gasteiger partial charge in [-0.1, -0.05) is 281 Å². The molecule has 0 unspecified atom stereocenters. The lowest BCUT2D eigenvalue weighted by molar-refractivity contribution is 0.660. The Kier molecular flexibility index (Phi) is 17.6. The summed E-state index contributed by atoms with van der Waals surface area (Å²) in [5.74, 6) is 0. The summed E-state index contributed by atoms with van der Waals surface area (Å²) < 4.78 is 2.53. The average molecular weight is 1350 g/mol. The zero-order chi connectivity index (χ0) is 69.8. The first-order chi connectivity index (χ1) is 51.3. The Hall–Kier alpha value is -13.1. The highest BCUT2D eigenvalue weighted by Crippen LogP contribution is 2.53. The normalized spacial score (nSPS) is 11.8. The quantitative estimate of drug-likeness (QED) is 0.0956. The fourth-order valence-electron chi connectivity index (χ4n) is 14.9. The van der Waals surface area contributed by atoms with Gasteiger partial charge in [0.25, 0.3) is 0 Å². The minimum absolute atomic E-state index is 0.213. The summed E-state index contributed by atoms with van der Waals surface area (Å²) in [4.78, 5) is 9.42. The van der Waals surface area contributed by atoms with E-state index >= 15 is 0 Å². The molecule has 4 nitrogen and oxygen atoms in total. The fourth-order valence-corrected chi connectivity index (χ4v) is 16.0. The second-order valence-corrected chi connectivity index (χ2v) is 28.0. The smallest absolute Gasteiger partial charge is 0.0476 e. The second kappa shape index (κ2) is 28.5. The number of benzene rings is 16. The van der Waals surface area contributed by atoms with Gasteiger partial charge in [0.05, 0.1) is 0 Å². The summed E-state index contributed by atoms with van der Waals surface area (Å²) in [5.41, 5.74) is 28.4. The van der Waals surface area contributed by atoms with Crippen molar-refractivity contribution in [2.24, 2.45) is 0 Å². The minimum Gasteiger partial charge on any atom is -0.310 e. The van der Waals surface area contributed by atoms with E-state index in [1.165, 1.54) is 86.9 Å². The first-order valence-electron chi connectivity index (χ1n) is 35.6. The zero-order valence-corrected chi connectivity index (χ0v) is 58.8. The molecule has 0 saturated carbocycles. The number of hydrogen-bond acceptors (Lipinski definition) is 5. The number of fused-ring (bicyclic) bond motifs is 6. The van der Waals surface area contributed by atoms with Gasteiger partial charge in [-0.25, -0.2) is 0 Å². The van der Waals surface area contributed by atoms with E-state index in [1.54, 1.807) is 0 Å². The van der Waals surface area contributed by atoms with Crippen molar-refractivity contribution in [1.82, 2.24) is 0 Å². The molecule has 0 saturated heterocycles. The predicted octanol–water partition coefficient (Wildman–Crippen LogP) is 28.6. The summed E-state index contributed by atoms with van der Waals surface area (Å²) in [5, 5.41) is 2.55. The van der Waals surface area contributed by atoms with E-state index in [1.807, 2.05) is 11.3 Å². The lowest BCUT2D eigenvalue weighted by atomic mass is 9.82. The maximum absolute atomic E-state index is 2.41. The Bertz CT molecular complexity index is 5600. The Morgan fingerprint density at radius 1 is 0.183 bits per heavy atom. The first kappa shape index (κ1) is 64.3. The Balaban J connectivity index is 0.000000154. The average Bonchev–Trinajstić information content (AvgIpc) is 1.55. The van der Waals surface area contributed by atoms with Gasteiger partial charge in [0, 0.05) is 93.8 Å². The summed E-state index contributed by atoms with van der Waals surface area (Å²) in [6.07, 6.45) is 0. The van der Waals surface area contributed by atoms with Gasteiger partial charge in [-0.15, -0.1) is 11.3 Å². The zero-order valence-electron chi connectivity index (χ0n) is 58.0. The molecule has 0 bridgehead atoms. The summed E-state index contributed by atoms with van der Waals surface area (Å²) in [7, 11) is 0. The van der Waals surface area contributed by atoms with Crippen molar-refractivity contribution >= 4 is 99.8 Å². The van der Waals surface area contributed by atoms with Gasteiger partial charge in [0.2, 0.25) is 0 Å².